The molecule has 1 saturated carbocycles. The number of ketones is 1. The summed E-state index contributed by atoms with van der Waals surface area (Å²) >= 11 is 0. The maximum absolute atomic E-state index is 11.7. The number of aromatic nitrogens is 2. The molecule has 0 aromatic carbocycles. The van der Waals surface area contributed by atoms with Crippen molar-refractivity contribution in [1.82, 2.24) is 14.9 Å². The van der Waals surface area contributed by atoms with E-state index in [9.17, 15) is 9.59 Å². The van der Waals surface area contributed by atoms with Crippen molar-refractivity contribution in [1.29, 1.82) is 0 Å². The third kappa shape index (κ3) is 3.97. The van der Waals surface area contributed by atoms with Crippen LogP contribution in [0.15, 0.2) is 6.20 Å². The molecule has 1 aliphatic carbocycles. The number of piperidine rings is 1. The first kappa shape index (κ1) is 15.7. The Kier molecular flexibility index (Phi) is 4.45. The van der Waals surface area contributed by atoms with Crippen LogP contribution in [0.2, 0.25) is 0 Å². The fourth-order valence-corrected chi connectivity index (χ4v) is 2.76. The second-order valence-corrected chi connectivity index (χ2v) is 6.36. The number of carbonyl (C=O) groups excluding carboxylic acids is 2. The molecule has 124 valence electrons. The number of rotatable bonds is 5. The standard InChI is InChI=1S/C16H23N5O2/c1-10(22)14-9-17-16(20-15(14)18-12-3-4-12)19-13-5-7-21(8-6-13)11(2)23/h9,12-13H,3-8H2,1-2H3,(H2,17,18,19,20). The van der Waals surface area contributed by atoms with E-state index in [0.717, 1.165) is 38.8 Å². The number of anilines is 2. The van der Waals surface area contributed by atoms with Gasteiger partial charge in [0.2, 0.25) is 11.9 Å². The number of hydrogen-bond donors (Lipinski definition) is 2. The summed E-state index contributed by atoms with van der Waals surface area (Å²) in [5.74, 6) is 1.26. The molecule has 0 radical (unpaired) electrons. The highest BCUT2D eigenvalue weighted by Gasteiger charge is 2.25. The Balaban J connectivity index is 1.66. The fourth-order valence-electron chi connectivity index (χ4n) is 2.76. The van der Waals surface area contributed by atoms with Gasteiger partial charge in [0, 0.05) is 38.3 Å². The van der Waals surface area contributed by atoms with E-state index < -0.39 is 0 Å². The molecule has 7 nitrogen and oxygen atoms in total. The molecule has 0 unspecified atom stereocenters. The first-order valence-corrected chi connectivity index (χ1v) is 8.19. The van der Waals surface area contributed by atoms with Crippen molar-refractivity contribution in [3.63, 3.8) is 0 Å². The minimum atomic E-state index is -0.0329. The number of carbonyl (C=O) groups is 2. The van der Waals surface area contributed by atoms with Crippen LogP contribution in [0, 0.1) is 0 Å². The van der Waals surface area contributed by atoms with Crippen LogP contribution in [0.25, 0.3) is 0 Å². The summed E-state index contributed by atoms with van der Waals surface area (Å²) in [4.78, 5) is 33.7. The van der Waals surface area contributed by atoms with E-state index >= 15 is 0 Å². The molecule has 2 N–H and O–H groups in total. The summed E-state index contributed by atoms with van der Waals surface area (Å²) < 4.78 is 0. The van der Waals surface area contributed by atoms with Crippen LogP contribution >= 0.6 is 0 Å². The van der Waals surface area contributed by atoms with Crippen LogP contribution in [-0.2, 0) is 4.79 Å². The zero-order chi connectivity index (χ0) is 16.4. The van der Waals surface area contributed by atoms with E-state index in [0.29, 0.717) is 23.4 Å². The highest BCUT2D eigenvalue weighted by molar-refractivity contribution is 5.98. The van der Waals surface area contributed by atoms with E-state index in [2.05, 4.69) is 20.6 Å². The maximum atomic E-state index is 11.7. The summed E-state index contributed by atoms with van der Waals surface area (Å²) in [5, 5.41) is 6.63. The Labute approximate surface area is 135 Å². The number of likely N-dealkylation sites (tertiary alicyclic amines) is 1. The number of nitrogens with zero attached hydrogens (tertiary/aromatic N) is 3. The lowest BCUT2D eigenvalue weighted by atomic mass is 10.1. The average molecular weight is 317 g/mol. The number of Topliss-reactive ketones (excluding diaryl/α,β-unsaturated/α-hetero) is 1. The highest BCUT2D eigenvalue weighted by atomic mass is 16.2. The van der Waals surface area contributed by atoms with Gasteiger partial charge in [-0.05, 0) is 32.6 Å². The molecule has 1 aromatic rings. The summed E-state index contributed by atoms with van der Waals surface area (Å²) in [7, 11) is 0. The third-order valence-electron chi connectivity index (χ3n) is 4.36. The third-order valence-corrected chi connectivity index (χ3v) is 4.36. The molecule has 0 spiro atoms. The van der Waals surface area contributed by atoms with Crippen molar-refractivity contribution in [2.75, 3.05) is 23.7 Å². The van der Waals surface area contributed by atoms with E-state index in [4.69, 9.17) is 0 Å². The highest BCUT2D eigenvalue weighted by Crippen LogP contribution is 2.26. The first-order valence-electron chi connectivity index (χ1n) is 8.19. The summed E-state index contributed by atoms with van der Waals surface area (Å²) in [6, 6.07) is 0.678. The number of hydrogen-bond acceptors (Lipinski definition) is 6. The van der Waals surface area contributed by atoms with Gasteiger partial charge < -0.3 is 15.5 Å². The molecule has 3 rings (SSSR count). The van der Waals surface area contributed by atoms with Crippen LogP contribution < -0.4 is 10.6 Å². The van der Waals surface area contributed by atoms with Gasteiger partial charge in [0.25, 0.3) is 0 Å². The van der Waals surface area contributed by atoms with Gasteiger partial charge in [-0.15, -0.1) is 0 Å². The Morgan fingerprint density at radius 3 is 2.30 bits per heavy atom. The normalized spacial score (nSPS) is 18.6. The Morgan fingerprint density at radius 2 is 1.74 bits per heavy atom. The molecule has 2 fully saturated rings. The van der Waals surface area contributed by atoms with Crippen molar-refractivity contribution in [2.24, 2.45) is 0 Å². The van der Waals surface area contributed by atoms with E-state index in [1.807, 2.05) is 4.90 Å². The molecule has 1 amide bonds. The largest absolute Gasteiger partial charge is 0.367 e. The summed E-state index contributed by atoms with van der Waals surface area (Å²) in [6.45, 7) is 4.64. The van der Waals surface area contributed by atoms with Crippen molar-refractivity contribution in [3.8, 4) is 0 Å². The molecule has 1 saturated heterocycles. The van der Waals surface area contributed by atoms with Gasteiger partial charge in [-0.3, -0.25) is 9.59 Å². The first-order chi connectivity index (χ1) is 11.0. The van der Waals surface area contributed by atoms with Gasteiger partial charge in [-0.1, -0.05) is 0 Å². The van der Waals surface area contributed by atoms with E-state index in [1.165, 1.54) is 6.92 Å². The van der Waals surface area contributed by atoms with Crippen LogP contribution in [-0.4, -0.2) is 51.7 Å². The van der Waals surface area contributed by atoms with E-state index in [1.54, 1.807) is 13.1 Å². The van der Waals surface area contributed by atoms with Crippen LogP contribution in [0.5, 0.6) is 0 Å². The minimum Gasteiger partial charge on any atom is -0.367 e. The van der Waals surface area contributed by atoms with Gasteiger partial charge in [-0.2, -0.15) is 4.98 Å². The van der Waals surface area contributed by atoms with Crippen molar-refractivity contribution < 1.29 is 9.59 Å². The molecule has 7 heteroatoms. The maximum Gasteiger partial charge on any atom is 0.224 e. The minimum absolute atomic E-state index is 0.0329. The van der Waals surface area contributed by atoms with Crippen molar-refractivity contribution in [2.45, 2.75) is 51.6 Å². The molecule has 2 heterocycles. The second-order valence-electron chi connectivity index (χ2n) is 6.36. The second kappa shape index (κ2) is 6.52. The average Bonchev–Trinajstić information content (AvgIpc) is 3.32. The lowest BCUT2D eigenvalue weighted by Gasteiger charge is -2.31. The van der Waals surface area contributed by atoms with Gasteiger partial charge in [-0.25, -0.2) is 4.98 Å². The number of amides is 1. The Hall–Kier alpha value is -2.18. The van der Waals surface area contributed by atoms with Crippen LogP contribution in [0.3, 0.4) is 0 Å². The quantitative estimate of drug-likeness (QED) is 0.803. The Bertz CT molecular complexity index is 606. The molecule has 1 aliphatic heterocycles. The lowest BCUT2D eigenvalue weighted by molar-refractivity contribution is -0.129. The summed E-state index contributed by atoms with van der Waals surface area (Å²) in [5.41, 5.74) is 0.536. The Morgan fingerprint density at radius 1 is 1.09 bits per heavy atom. The van der Waals surface area contributed by atoms with Gasteiger partial charge in [0.05, 0.1) is 5.56 Å². The SMILES string of the molecule is CC(=O)c1cnc(NC2CCN(C(C)=O)CC2)nc1NC1CC1. The monoisotopic (exact) mass is 317 g/mol. The van der Waals surface area contributed by atoms with Crippen LogP contribution in [0.4, 0.5) is 11.8 Å². The molecule has 23 heavy (non-hydrogen) atoms. The molecule has 0 atom stereocenters. The molecule has 2 aliphatic rings. The molecular weight excluding hydrogens is 294 g/mol. The van der Waals surface area contributed by atoms with Crippen molar-refractivity contribution >= 4 is 23.5 Å². The predicted octanol–water partition coefficient (Wildman–Crippen LogP) is 1.68. The smallest absolute Gasteiger partial charge is 0.224 e. The summed E-state index contributed by atoms with van der Waals surface area (Å²) in [6.07, 6.45) is 5.58. The zero-order valence-electron chi connectivity index (χ0n) is 13.6. The number of nitrogens with one attached hydrogen (secondary N) is 2. The van der Waals surface area contributed by atoms with Crippen LogP contribution in [0.1, 0.15) is 49.9 Å². The van der Waals surface area contributed by atoms with Gasteiger partial charge in [0.1, 0.15) is 5.82 Å². The zero-order valence-corrected chi connectivity index (χ0v) is 13.6. The van der Waals surface area contributed by atoms with Gasteiger partial charge in [0.15, 0.2) is 5.78 Å². The lowest BCUT2D eigenvalue weighted by Crippen LogP contribution is -2.41. The van der Waals surface area contributed by atoms with Crippen molar-refractivity contribution in [3.05, 3.63) is 11.8 Å². The topological polar surface area (TPSA) is 87.2 Å². The fraction of sp³-hybridized carbons (Fsp3) is 0.625. The molecule has 1 aromatic heterocycles. The van der Waals surface area contributed by atoms with Gasteiger partial charge >= 0.3 is 0 Å². The molecule has 0 bridgehead atoms. The molecular formula is C16H23N5O2. The predicted molar refractivity (Wildman–Crippen MR) is 87.6 cm³/mol. The van der Waals surface area contributed by atoms with E-state index in [-0.39, 0.29) is 17.7 Å².